The highest BCUT2D eigenvalue weighted by atomic mass is 35.5. The highest BCUT2D eigenvalue weighted by Gasteiger charge is 2.30. The maximum atomic E-state index is 12.7. The van der Waals surface area contributed by atoms with Crippen molar-refractivity contribution in [3.05, 3.63) is 22.7 Å². The molecule has 1 aromatic rings. The van der Waals surface area contributed by atoms with Crippen LogP contribution in [-0.2, 0) is 19.6 Å². The molecule has 2 N–H and O–H groups in total. The van der Waals surface area contributed by atoms with Gasteiger partial charge in [0, 0.05) is 6.04 Å². The number of ether oxygens (including phenoxy) is 1. The van der Waals surface area contributed by atoms with Crippen molar-refractivity contribution in [2.24, 2.45) is 0 Å². The van der Waals surface area contributed by atoms with E-state index in [1.807, 2.05) is 0 Å². The lowest BCUT2D eigenvalue weighted by Gasteiger charge is -2.25. The van der Waals surface area contributed by atoms with Crippen LogP contribution in [0.4, 0.5) is 5.69 Å². The molecule has 0 fully saturated rings. The molecule has 0 atom stereocenters. The number of halogens is 1. The number of esters is 1. The van der Waals surface area contributed by atoms with Crippen molar-refractivity contribution in [1.82, 2.24) is 4.31 Å². The molecule has 0 heterocycles. The molecule has 0 spiro atoms. The fourth-order valence-corrected chi connectivity index (χ4v) is 3.60. The average molecular weight is 335 g/mol. The molecule has 6 nitrogen and oxygen atoms in total. The molecule has 1 rings (SSSR count). The summed E-state index contributed by atoms with van der Waals surface area (Å²) in [5, 5.41) is 0.318. The smallest absolute Gasteiger partial charge is 0.321 e. The predicted octanol–water partition coefficient (Wildman–Crippen LogP) is 1.80. The van der Waals surface area contributed by atoms with Crippen LogP contribution in [0.1, 0.15) is 19.4 Å². The average Bonchev–Trinajstić information content (AvgIpc) is 2.40. The van der Waals surface area contributed by atoms with Gasteiger partial charge in [0.15, 0.2) is 0 Å². The van der Waals surface area contributed by atoms with Gasteiger partial charge in [-0.25, -0.2) is 8.42 Å². The number of sulfonamides is 1. The standard InChI is InChI=1S/C13H19ClN2O4S/c1-8(2)16(7-12(17)20-4)21(18,19)10-5-9(3)13(14)11(15)6-10/h5-6,8H,7,15H2,1-4H3. The highest BCUT2D eigenvalue weighted by Crippen LogP contribution is 2.29. The lowest BCUT2D eigenvalue weighted by Crippen LogP contribution is -2.41. The van der Waals surface area contributed by atoms with Gasteiger partial charge in [-0.3, -0.25) is 4.79 Å². The van der Waals surface area contributed by atoms with Gasteiger partial charge >= 0.3 is 5.97 Å². The molecule has 0 aliphatic rings. The normalized spacial score (nSPS) is 12.0. The van der Waals surface area contributed by atoms with Crippen molar-refractivity contribution >= 4 is 33.3 Å². The molecular weight excluding hydrogens is 316 g/mol. The van der Waals surface area contributed by atoms with Crippen molar-refractivity contribution in [1.29, 1.82) is 0 Å². The van der Waals surface area contributed by atoms with E-state index in [9.17, 15) is 13.2 Å². The van der Waals surface area contributed by atoms with Crippen LogP contribution < -0.4 is 5.73 Å². The fraction of sp³-hybridized carbons (Fsp3) is 0.462. The summed E-state index contributed by atoms with van der Waals surface area (Å²) >= 11 is 5.94. The van der Waals surface area contributed by atoms with Crippen LogP contribution in [0, 0.1) is 6.92 Å². The van der Waals surface area contributed by atoms with Gasteiger partial charge in [-0.2, -0.15) is 4.31 Å². The lowest BCUT2D eigenvalue weighted by molar-refractivity contribution is -0.141. The molecule has 21 heavy (non-hydrogen) atoms. The third-order valence-corrected chi connectivity index (χ3v) is 5.47. The molecule has 0 aliphatic carbocycles. The monoisotopic (exact) mass is 334 g/mol. The largest absolute Gasteiger partial charge is 0.468 e. The molecule has 8 heteroatoms. The Kier molecular flexibility index (Phi) is 5.61. The van der Waals surface area contributed by atoms with Gasteiger partial charge in [0.1, 0.15) is 6.54 Å². The number of nitrogens with two attached hydrogens (primary N) is 1. The third-order valence-electron chi connectivity index (χ3n) is 2.95. The van der Waals surface area contributed by atoms with Crippen molar-refractivity contribution < 1.29 is 17.9 Å². The molecule has 0 aromatic heterocycles. The van der Waals surface area contributed by atoms with Crippen molar-refractivity contribution in [3.8, 4) is 0 Å². The van der Waals surface area contributed by atoms with Crippen LogP contribution in [0.5, 0.6) is 0 Å². The second-order valence-corrected chi connectivity index (χ2v) is 7.13. The molecule has 0 aliphatic heterocycles. The van der Waals surface area contributed by atoms with Crippen molar-refractivity contribution in [2.75, 3.05) is 19.4 Å². The van der Waals surface area contributed by atoms with E-state index in [1.54, 1.807) is 20.8 Å². The van der Waals surface area contributed by atoms with Gasteiger partial charge in [0.25, 0.3) is 0 Å². The van der Waals surface area contributed by atoms with E-state index in [-0.39, 0.29) is 17.1 Å². The van der Waals surface area contributed by atoms with Crippen LogP contribution in [0.25, 0.3) is 0 Å². The number of anilines is 1. The number of rotatable bonds is 5. The Bertz CT molecular complexity index is 621. The summed E-state index contributed by atoms with van der Waals surface area (Å²) in [4.78, 5) is 11.4. The zero-order chi connectivity index (χ0) is 16.4. The zero-order valence-electron chi connectivity index (χ0n) is 12.4. The van der Waals surface area contributed by atoms with Crippen molar-refractivity contribution in [2.45, 2.75) is 31.7 Å². The molecule has 0 amide bonds. The minimum absolute atomic E-state index is 0.000460. The summed E-state index contributed by atoms with van der Waals surface area (Å²) in [5.41, 5.74) is 6.45. The molecule has 0 unspecified atom stereocenters. The van der Waals surface area contributed by atoms with Gasteiger partial charge < -0.3 is 10.5 Å². The number of carbonyl (C=O) groups is 1. The Morgan fingerprint density at radius 1 is 1.43 bits per heavy atom. The molecule has 118 valence electrons. The molecule has 0 bridgehead atoms. The maximum Gasteiger partial charge on any atom is 0.321 e. The number of hydrogen-bond donors (Lipinski definition) is 1. The minimum atomic E-state index is -3.87. The first-order chi connectivity index (χ1) is 9.61. The summed E-state index contributed by atoms with van der Waals surface area (Å²) in [7, 11) is -2.67. The molecule has 0 saturated carbocycles. The number of methoxy groups -OCH3 is 1. The van der Waals surface area contributed by atoms with Crippen molar-refractivity contribution in [3.63, 3.8) is 0 Å². The summed E-state index contributed by atoms with van der Waals surface area (Å²) in [6.45, 7) is 4.65. The zero-order valence-corrected chi connectivity index (χ0v) is 14.0. The van der Waals surface area contributed by atoms with Gasteiger partial charge in [-0.1, -0.05) is 11.6 Å². The van der Waals surface area contributed by atoms with Crippen LogP contribution in [0.3, 0.4) is 0 Å². The molecular formula is C13H19ClN2O4S. The summed E-state index contributed by atoms with van der Waals surface area (Å²) in [5.74, 6) is -0.633. The Morgan fingerprint density at radius 2 is 2.00 bits per heavy atom. The van der Waals surface area contributed by atoms with Crippen LogP contribution in [-0.4, -0.2) is 38.4 Å². The number of aryl methyl sites for hydroxylation is 1. The van der Waals surface area contributed by atoms with Crippen LogP contribution in [0.2, 0.25) is 5.02 Å². The van der Waals surface area contributed by atoms with Gasteiger partial charge in [0.2, 0.25) is 10.0 Å². The fourth-order valence-electron chi connectivity index (χ4n) is 1.78. The van der Waals surface area contributed by atoms with E-state index < -0.39 is 22.0 Å². The topological polar surface area (TPSA) is 89.7 Å². The van der Waals surface area contributed by atoms with E-state index in [2.05, 4.69) is 4.74 Å². The molecule has 0 radical (unpaired) electrons. The van der Waals surface area contributed by atoms with Crippen LogP contribution in [0.15, 0.2) is 17.0 Å². The van der Waals surface area contributed by atoms with Crippen LogP contribution >= 0.6 is 11.6 Å². The van der Waals surface area contributed by atoms with E-state index in [4.69, 9.17) is 17.3 Å². The second kappa shape index (κ2) is 6.64. The molecule has 0 saturated heterocycles. The second-order valence-electron chi connectivity index (χ2n) is 4.86. The summed E-state index contributed by atoms with van der Waals surface area (Å²) in [6, 6.07) is 2.31. The van der Waals surface area contributed by atoms with Gasteiger partial charge in [-0.05, 0) is 38.5 Å². The first-order valence-corrected chi connectivity index (χ1v) is 8.07. The Morgan fingerprint density at radius 3 is 2.43 bits per heavy atom. The van der Waals surface area contributed by atoms with E-state index >= 15 is 0 Å². The Labute approximate surface area is 129 Å². The Hall–Kier alpha value is -1.31. The predicted molar refractivity (Wildman–Crippen MR) is 81.6 cm³/mol. The number of nitrogens with zero attached hydrogens (tertiary/aromatic N) is 1. The van der Waals surface area contributed by atoms with E-state index in [0.29, 0.717) is 10.6 Å². The number of hydrogen-bond acceptors (Lipinski definition) is 5. The van der Waals surface area contributed by atoms with E-state index in [1.165, 1.54) is 19.2 Å². The quantitative estimate of drug-likeness (QED) is 0.655. The number of benzene rings is 1. The van der Waals surface area contributed by atoms with Gasteiger partial charge in [0.05, 0.1) is 22.7 Å². The first kappa shape index (κ1) is 17.7. The summed E-state index contributed by atoms with van der Waals surface area (Å²) < 4.78 is 30.9. The SMILES string of the molecule is COC(=O)CN(C(C)C)S(=O)(=O)c1cc(C)c(Cl)c(N)c1. The molecule has 1 aromatic carbocycles. The summed E-state index contributed by atoms with van der Waals surface area (Å²) in [6.07, 6.45) is 0. The lowest BCUT2D eigenvalue weighted by atomic mass is 10.2. The number of nitrogen functional groups attached to an aromatic ring is 1. The maximum absolute atomic E-state index is 12.7. The third kappa shape index (κ3) is 3.87. The minimum Gasteiger partial charge on any atom is -0.468 e. The highest BCUT2D eigenvalue weighted by molar-refractivity contribution is 7.89. The van der Waals surface area contributed by atoms with Gasteiger partial charge in [-0.15, -0.1) is 0 Å². The van der Waals surface area contributed by atoms with E-state index in [0.717, 1.165) is 4.31 Å². The number of carbonyl (C=O) groups excluding carboxylic acids is 1. The first-order valence-electron chi connectivity index (χ1n) is 6.25. The Balaban J connectivity index is 3.33.